The molecule has 0 aromatic carbocycles. The van der Waals surface area contributed by atoms with Crippen LogP contribution in [0.2, 0.25) is 0 Å². The van der Waals surface area contributed by atoms with Gasteiger partial charge in [0.25, 0.3) is 0 Å². The van der Waals surface area contributed by atoms with E-state index in [1.165, 1.54) is 0 Å². The van der Waals surface area contributed by atoms with Crippen LogP contribution >= 0.6 is 11.8 Å². The zero-order chi connectivity index (χ0) is 15.6. The molecule has 2 heterocycles. The lowest BCUT2D eigenvalue weighted by molar-refractivity contribution is 0.562. The fourth-order valence-corrected chi connectivity index (χ4v) is 5.54. The van der Waals surface area contributed by atoms with Crippen LogP contribution in [-0.2, 0) is 16.4 Å². The van der Waals surface area contributed by atoms with Gasteiger partial charge in [0.2, 0.25) is 0 Å². The number of nitrogen functional groups attached to an aromatic ring is 1. The van der Waals surface area contributed by atoms with Crippen molar-refractivity contribution in [2.75, 3.05) is 34.4 Å². The third-order valence-electron chi connectivity index (χ3n) is 3.75. The third kappa shape index (κ3) is 3.15. The Morgan fingerprint density at radius 2 is 2.14 bits per heavy atom. The summed E-state index contributed by atoms with van der Waals surface area (Å²) in [4.78, 5) is 1.94. The average Bonchev–Trinajstić information content (AvgIpc) is 2.74. The van der Waals surface area contributed by atoms with Crippen molar-refractivity contribution in [1.29, 1.82) is 0 Å². The Morgan fingerprint density at radius 1 is 1.43 bits per heavy atom. The van der Waals surface area contributed by atoms with Crippen LogP contribution in [0.5, 0.6) is 0 Å². The van der Waals surface area contributed by atoms with Crippen LogP contribution in [0.3, 0.4) is 0 Å². The summed E-state index contributed by atoms with van der Waals surface area (Å²) in [5.41, 5.74) is 7.56. The number of nitrogens with zero attached hydrogens (tertiary/aromatic N) is 3. The first-order valence-corrected chi connectivity index (χ1v) is 10.2. The highest BCUT2D eigenvalue weighted by molar-refractivity contribution is 8.01. The number of thioether (sulfide) groups is 1. The molecule has 1 aliphatic rings. The summed E-state index contributed by atoms with van der Waals surface area (Å²) in [5, 5.41) is 3.96. The van der Waals surface area contributed by atoms with Crippen molar-refractivity contribution in [2.45, 2.75) is 39.1 Å². The molecule has 1 aliphatic heterocycles. The molecule has 0 spiro atoms. The second-order valence-electron chi connectivity index (χ2n) is 5.22. The SMILES string of the molecule is CCCn1nc(C)c(N)c1N1CCSCC1S(=O)(=O)CC. The molecule has 1 fully saturated rings. The van der Waals surface area contributed by atoms with Gasteiger partial charge >= 0.3 is 0 Å². The molecule has 120 valence electrons. The van der Waals surface area contributed by atoms with Crippen molar-refractivity contribution >= 4 is 33.1 Å². The van der Waals surface area contributed by atoms with Crippen molar-refractivity contribution in [1.82, 2.24) is 9.78 Å². The van der Waals surface area contributed by atoms with Crippen LogP contribution in [0, 0.1) is 6.92 Å². The molecule has 0 amide bonds. The molecule has 1 aromatic heterocycles. The van der Waals surface area contributed by atoms with Crippen LogP contribution in [0.1, 0.15) is 26.0 Å². The largest absolute Gasteiger partial charge is 0.394 e. The van der Waals surface area contributed by atoms with Gasteiger partial charge in [-0.3, -0.25) is 0 Å². The van der Waals surface area contributed by atoms with Gasteiger partial charge in [-0.25, -0.2) is 13.1 Å². The molecule has 6 nitrogen and oxygen atoms in total. The number of aryl methyl sites for hydroxylation is 2. The number of hydrogen-bond donors (Lipinski definition) is 1. The van der Waals surface area contributed by atoms with E-state index in [0.717, 1.165) is 30.2 Å². The minimum atomic E-state index is -3.15. The summed E-state index contributed by atoms with van der Waals surface area (Å²) in [6, 6.07) is 0. The van der Waals surface area contributed by atoms with Crippen LogP contribution < -0.4 is 10.6 Å². The van der Waals surface area contributed by atoms with Gasteiger partial charge in [-0.05, 0) is 13.3 Å². The number of aromatic nitrogens is 2. The highest BCUT2D eigenvalue weighted by Crippen LogP contribution is 2.33. The molecule has 1 aromatic rings. The number of rotatable bonds is 5. The molecule has 2 N–H and O–H groups in total. The highest BCUT2D eigenvalue weighted by Gasteiger charge is 2.36. The van der Waals surface area contributed by atoms with Crippen molar-refractivity contribution in [2.24, 2.45) is 0 Å². The van der Waals surface area contributed by atoms with E-state index in [4.69, 9.17) is 5.73 Å². The Bertz CT molecular complexity index is 598. The standard InChI is InChI=1S/C13H24N4O2S2/c1-4-6-17-13(12(14)10(3)15-17)16-7-8-20-9-11(16)21(18,19)5-2/h11H,4-9,14H2,1-3H3. The predicted molar refractivity (Wildman–Crippen MR) is 89.6 cm³/mol. The summed E-state index contributed by atoms with van der Waals surface area (Å²) in [7, 11) is -3.15. The van der Waals surface area contributed by atoms with E-state index in [9.17, 15) is 8.42 Å². The lowest BCUT2D eigenvalue weighted by Crippen LogP contribution is -2.49. The van der Waals surface area contributed by atoms with Gasteiger partial charge in [-0.15, -0.1) is 0 Å². The van der Waals surface area contributed by atoms with E-state index in [2.05, 4.69) is 12.0 Å². The molecule has 0 aliphatic carbocycles. The van der Waals surface area contributed by atoms with E-state index in [1.54, 1.807) is 18.7 Å². The summed E-state index contributed by atoms with van der Waals surface area (Å²) < 4.78 is 26.7. The minimum Gasteiger partial charge on any atom is -0.394 e. The molecule has 8 heteroatoms. The molecule has 0 radical (unpaired) electrons. The molecule has 0 bridgehead atoms. The molecular weight excluding hydrogens is 308 g/mol. The fraction of sp³-hybridized carbons (Fsp3) is 0.769. The third-order valence-corrected chi connectivity index (χ3v) is 7.04. The Kier molecular flexibility index (Phi) is 5.08. The molecule has 1 atom stereocenters. The van der Waals surface area contributed by atoms with Crippen molar-refractivity contribution < 1.29 is 8.42 Å². The maximum atomic E-state index is 12.4. The maximum Gasteiger partial charge on any atom is 0.171 e. The molecular formula is C13H24N4O2S2. The topological polar surface area (TPSA) is 81.2 Å². The van der Waals surface area contributed by atoms with Gasteiger partial charge in [-0.2, -0.15) is 16.9 Å². The lowest BCUT2D eigenvalue weighted by Gasteiger charge is -2.36. The zero-order valence-corrected chi connectivity index (χ0v) is 14.5. The Hall–Kier alpha value is -0.890. The summed E-state index contributed by atoms with van der Waals surface area (Å²) in [6.45, 7) is 7.07. The highest BCUT2D eigenvalue weighted by atomic mass is 32.2. The summed E-state index contributed by atoms with van der Waals surface area (Å²) >= 11 is 1.68. The monoisotopic (exact) mass is 332 g/mol. The first kappa shape index (κ1) is 16.5. The number of hydrogen-bond acceptors (Lipinski definition) is 6. The van der Waals surface area contributed by atoms with Crippen molar-refractivity contribution in [3.05, 3.63) is 5.69 Å². The summed E-state index contributed by atoms with van der Waals surface area (Å²) in [5.74, 6) is 2.42. The van der Waals surface area contributed by atoms with Crippen LogP contribution in [-0.4, -0.2) is 47.4 Å². The van der Waals surface area contributed by atoms with Gasteiger partial charge in [0.05, 0.1) is 11.4 Å². The lowest BCUT2D eigenvalue weighted by atomic mass is 10.3. The van der Waals surface area contributed by atoms with Gasteiger partial charge in [0.1, 0.15) is 5.37 Å². The van der Waals surface area contributed by atoms with E-state index in [0.29, 0.717) is 18.0 Å². The predicted octanol–water partition coefficient (Wildman–Crippen LogP) is 1.50. The van der Waals surface area contributed by atoms with Crippen LogP contribution in [0.15, 0.2) is 0 Å². The van der Waals surface area contributed by atoms with Crippen molar-refractivity contribution in [3.63, 3.8) is 0 Å². The van der Waals surface area contributed by atoms with Crippen LogP contribution in [0.4, 0.5) is 11.5 Å². The normalized spacial score (nSPS) is 20.0. The van der Waals surface area contributed by atoms with Crippen LogP contribution in [0.25, 0.3) is 0 Å². The number of sulfone groups is 1. The first-order chi connectivity index (χ1) is 9.92. The van der Waals surface area contributed by atoms with Gasteiger partial charge in [0.15, 0.2) is 15.7 Å². The number of nitrogens with two attached hydrogens (primary N) is 1. The molecule has 21 heavy (non-hydrogen) atoms. The second-order valence-corrected chi connectivity index (χ2v) is 8.82. The van der Waals surface area contributed by atoms with E-state index in [1.807, 2.05) is 16.5 Å². The quantitative estimate of drug-likeness (QED) is 0.880. The van der Waals surface area contributed by atoms with Crippen molar-refractivity contribution in [3.8, 4) is 0 Å². The average molecular weight is 332 g/mol. The molecule has 2 rings (SSSR count). The first-order valence-electron chi connectivity index (χ1n) is 7.31. The van der Waals surface area contributed by atoms with E-state index >= 15 is 0 Å². The second kappa shape index (κ2) is 6.48. The maximum absolute atomic E-state index is 12.4. The van der Waals surface area contributed by atoms with Gasteiger partial charge in [-0.1, -0.05) is 13.8 Å². The van der Waals surface area contributed by atoms with E-state index in [-0.39, 0.29) is 5.75 Å². The smallest absolute Gasteiger partial charge is 0.171 e. The molecule has 1 unspecified atom stereocenters. The van der Waals surface area contributed by atoms with Gasteiger partial charge < -0.3 is 10.6 Å². The Labute approximate surface area is 131 Å². The summed E-state index contributed by atoms with van der Waals surface area (Å²) in [6.07, 6.45) is 0.932. The zero-order valence-electron chi connectivity index (χ0n) is 12.9. The number of anilines is 2. The van der Waals surface area contributed by atoms with E-state index < -0.39 is 15.2 Å². The fourth-order valence-electron chi connectivity index (χ4n) is 2.57. The molecule has 0 saturated carbocycles. The Balaban J connectivity index is 2.47. The Morgan fingerprint density at radius 3 is 2.76 bits per heavy atom. The minimum absolute atomic E-state index is 0.148. The molecule has 1 saturated heterocycles. The van der Waals surface area contributed by atoms with Gasteiger partial charge in [0, 0.05) is 30.3 Å².